The molecule has 96 valence electrons. The Morgan fingerprint density at radius 3 is 2.28 bits per heavy atom. The van der Waals surface area contributed by atoms with Gasteiger partial charge in [0, 0.05) is 6.04 Å². The maximum absolute atomic E-state index is 13.3. The molecule has 0 unspecified atom stereocenters. The molecular weight excluding hydrogens is 250 g/mol. The summed E-state index contributed by atoms with van der Waals surface area (Å²) in [5.41, 5.74) is -0.835. The van der Waals surface area contributed by atoms with Gasteiger partial charge in [0.15, 0.2) is 23.3 Å². The van der Waals surface area contributed by atoms with Crippen LogP contribution in [0.1, 0.15) is 23.2 Å². The zero-order valence-electron chi connectivity index (χ0n) is 9.14. The summed E-state index contributed by atoms with van der Waals surface area (Å²) < 4.78 is 51.9. The van der Waals surface area contributed by atoms with Crippen molar-refractivity contribution < 1.29 is 22.4 Å². The van der Waals surface area contributed by atoms with E-state index in [0.29, 0.717) is 18.9 Å². The lowest BCUT2D eigenvalue weighted by Gasteiger charge is -2.12. The average Bonchev–Trinajstić information content (AvgIpc) is 2.83. The molecule has 0 heterocycles. The molecule has 0 spiro atoms. The second-order valence-electron chi connectivity index (χ2n) is 3.96. The van der Waals surface area contributed by atoms with Crippen molar-refractivity contribution in [2.24, 2.45) is 0 Å². The van der Waals surface area contributed by atoms with E-state index in [-0.39, 0.29) is 6.04 Å². The largest absolute Gasteiger partial charge is 0.349 e. The van der Waals surface area contributed by atoms with Crippen molar-refractivity contribution in [1.29, 1.82) is 0 Å². The molecule has 0 fully saturated rings. The van der Waals surface area contributed by atoms with E-state index in [1.807, 2.05) is 12.2 Å². The monoisotopic (exact) mass is 259 g/mol. The molecule has 0 aromatic heterocycles. The van der Waals surface area contributed by atoms with Gasteiger partial charge in [0.05, 0.1) is 5.56 Å². The van der Waals surface area contributed by atoms with E-state index in [1.54, 1.807) is 0 Å². The van der Waals surface area contributed by atoms with Crippen molar-refractivity contribution in [3.63, 3.8) is 0 Å². The number of benzene rings is 1. The number of amides is 1. The molecule has 0 saturated heterocycles. The molecule has 0 radical (unpaired) electrons. The Balaban J connectivity index is 2.25. The van der Waals surface area contributed by atoms with Gasteiger partial charge in [-0.1, -0.05) is 12.2 Å². The van der Waals surface area contributed by atoms with E-state index in [4.69, 9.17) is 0 Å². The van der Waals surface area contributed by atoms with Crippen LogP contribution < -0.4 is 5.32 Å². The smallest absolute Gasteiger partial charge is 0.254 e. The van der Waals surface area contributed by atoms with Gasteiger partial charge in [0.1, 0.15) is 0 Å². The molecule has 1 aliphatic rings. The fraction of sp³-hybridized carbons (Fsp3) is 0.250. The number of hydrogen-bond acceptors (Lipinski definition) is 1. The van der Waals surface area contributed by atoms with Gasteiger partial charge in [0.2, 0.25) is 0 Å². The first-order chi connectivity index (χ1) is 8.50. The predicted molar refractivity (Wildman–Crippen MR) is 55.9 cm³/mol. The Bertz CT molecular complexity index is 519. The van der Waals surface area contributed by atoms with Gasteiger partial charge >= 0.3 is 0 Å². The van der Waals surface area contributed by atoms with Crippen molar-refractivity contribution >= 4 is 5.91 Å². The van der Waals surface area contributed by atoms with Crippen molar-refractivity contribution in [3.05, 3.63) is 47.1 Å². The molecule has 2 nitrogen and oxygen atoms in total. The number of halogens is 4. The van der Waals surface area contributed by atoms with Crippen LogP contribution in [0.5, 0.6) is 0 Å². The van der Waals surface area contributed by atoms with Crippen molar-refractivity contribution in [2.75, 3.05) is 0 Å². The first kappa shape index (κ1) is 12.6. The van der Waals surface area contributed by atoms with E-state index in [9.17, 15) is 22.4 Å². The van der Waals surface area contributed by atoms with E-state index < -0.39 is 34.7 Å². The minimum atomic E-state index is -1.98. The van der Waals surface area contributed by atoms with Gasteiger partial charge < -0.3 is 5.32 Å². The lowest BCUT2D eigenvalue weighted by Crippen LogP contribution is -2.33. The molecule has 18 heavy (non-hydrogen) atoms. The standard InChI is InChI=1S/C12H9F4NO/c13-8-5-7(9(14)11(16)10(8)15)12(18)17-6-3-1-2-4-6/h1-2,5-6H,3-4H2,(H,17,18). The quantitative estimate of drug-likeness (QED) is 0.376. The van der Waals surface area contributed by atoms with Crippen LogP contribution in [0.2, 0.25) is 0 Å². The van der Waals surface area contributed by atoms with Crippen LogP contribution in [0.4, 0.5) is 17.6 Å². The lowest BCUT2D eigenvalue weighted by atomic mass is 10.1. The van der Waals surface area contributed by atoms with E-state index in [2.05, 4.69) is 5.32 Å². The predicted octanol–water partition coefficient (Wildman–Crippen LogP) is 2.69. The fourth-order valence-electron chi connectivity index (χ4n) is 1.74. The van der Waals surface area contributed by atoms with Crippen molar-refractivity contribution in [3.8, 4) is 0 Å². The molecule has 1 aromatic rings. The molecule has 1 aromatic carbocycles. The zero-order valence-corrected chi connectivity index (χ0v) is 9.14. The maximum atomic E-state index is 13.3. The Morgan fingerprint density at radius 2 is 1.67 bits per heavy atom. The topological polar surface area (TPSA) is 29.1 Å². The molecule has 1 aliphatic carbocycles. The van der Waals surface area contributed by atoms with Crippen molar-refractivity contribution in [1.82, 2.24) is 5.32 Å². The molecule has 0 atom stereocenters. The Morgan fingerprint density at radius 1 is 1.06 bits per heavy atom. The summed E-state index contributed by atoms with van der Waals surface area (Å²) in [6.45, 7) is 0. The highest BCUT2D eigenvalue weighted by molar-refractivity contribution is 5.94. The summed E-state index contributed by atoms with van der Waals surface area (Å²) >= 11 is 0. The number of hydrogen-bond donors (Lipinski definition) is 1. The van der Waals surface area contributed by atoms with E-state index in [1.165, 1.54) is 0 Å². The molecule has 0 bridgehead atoms. The lowest BCUT2D eigenvalue weighted by molar-refractivity contribution is 0.0933. The number of carbonyl (C=O) groups excluding carboxylic acids is 1. The first-order valence-electron chi connectivity index (χ1n) is 5.29. The van der Waals surface area contributed by atoms with Crippen LogP contribution in [0, 0.1) is 23.3 Å². The summed E-state index contributed by atoms with van der Waals surface area (Å²) in [4.78, 5) is 11.6. The molecule has 0 aliphatic heterocycles. The maximum Gasteiger partial charge on any atom is 0.254 e. The van der Waals surface area contributed by atoms with E-state index >= 15 is 0 Å². The molecule has 2 rings (SSSR count). The second-order valence-corrected chi connectivity index (χ2v) is 3.96. The highest BCUT2D eigenvalue weighted by Crippen LogP contribution is 2.19. The number of carbonyl (C=O) groups is 1. The highest BCUT2D eigenvalue weighted by atomic mass is 19.2. The Hall–Kier alpha value is -1.85. The molecule has 1 amide bonds. The minimum absolute atomic E-state index is 0.229. The van der Waals surface area contributed by atoms with Crippen molar-refractivity contribution in [2.45, 2.75) is 18.9 Å². The highest BCUT2D eigenvalue weighted by Gasteiger charge is 2.24. The fourth-order valence-corrected chi connectivity index (χ4v) is 1.74. The van der Waals surface area contributed by atoms with E-state index in [0.717, 1.165) is 0 Å². The van der Waals surface area contributed by atoms with Gasteiger partial charge in [-0.2, -0.15) is 0 Å². The van der Waals surface area contributed by atoms with Crippen LogP contribution in [0.3, 0.4) is 0 Å². The zero-order chi connectivity index (χ0) is 13.3. The van der Waals surface area contributed by atoms with Crippen LogP contribution in [0.25, 0.3) is 0 Å². The SMILES string of the molecule is O=C(NC1CC=CC1)c1cc(F)c(F)c(F)c1F. The Labute approximate surface area is 100 Å². The number of rotatable bonds is 2. The molecule has 1 N–H and O–H groups in total. The molecule has 6 heteroatoms. The van der Waals surface area contributed by atoms with Gasteiger partial charge in [0.25, 0.3) is 5.91 Å². The van der Waals surface area contributed by atoms with Gasteiger partial charge in [-0.15, -0.1) is 0 Å². The first-order valence-corrected chi connectivity index (χ1v) is 5.29. The van der Waals surface area contributed by atoms with Gasteiger partial charge in [-0.3, -0.25) is 4.79 Å². The third-order valence-electron chi connectivity index (χ3n) is 2.69. The Kier molecular flexibility index (Phi) is 3.36. The number of nitrogens with one attached hydrogen (secondary N) is 1. The summed E-state index contributed by atoms with van der Waals surface area (Å²) in [5.74, 6) is -8.14. The van der Waals surface area contributed by atoms with Crippen LogP contribution in [0.15, 0.2) is 18.2 Å². The summed E-state index contributed by atoms with van der Waals surface area (Å²) in [6, 6.07) is 0.124. The normalized spacial score (nSPS) is 15.1. The molecular formula is C12H9F4NO. The van der Waals surface area contributed by atoms with Crippen LogP contribution in [-0.2, 0) is 0 Å². The van der Waals surface area contributed by atoms with Gasteiger partial charge in [-0.05, 0) is 18.9 Å². The minimum Gasteiger partial charge on any atom is -0.349 e. The van der Waals surface area contributed by atoms with Gasteiger partial charge in [-0.25, -0.2) is 17.6 Å². The van der Waals surface area contributed by atoms with Crippen LogP contribution in [-0.4, -0.2) is 11.9 Å². The third kappa shape index (κ3) is 2.23. The third-order valence-corrected chi connectivity index (χ3v) is 2.69. The molecule has 0 saturated carbocycles. The second kappa shape index (κ2) is 4.80. The average molecular weight is 259 g/mol. The summed E-state index contributed by atoms with van der Waals surface area (Å²) in [7, 11) is 0. The van der Waals surface area contributed by atoms with Crippen LogP contribution >= 0.6 is 0 Å². The summed E-state index contributed by atoms with van der Waals surface area (Å²) in [5, 5.41) is 2.41. The summed E-state index contributed by atoms with van der Waals surface area (Å²) in [6.07, 6.45) is 4.79.